The molecule has 0 spiro atoms. The van der Waals surface area contributed by atoms with E-state index in [1.165, 1.54) is 0 Å². The van der Waals surface area contributed by atoms with Crippen molar-refractivity contribution in [2.24, 2.45) is 11.3 Å². The second-order valence-corrected chi connectivity index (χ2v) is 5.93. The Morgan fingerprint density at radius 2 is 2.18 bits per heavy atom. The quantitative estimate of drug-likeness (QED) is 0.744. The van der Waals surface area contributed by atoms with Gasteiger partial charge in [0.1, 0.15) is 11.6 Å². The summed E-state index contributed by atoms with van der Waals surface area (Å²) in [6.07, 6.45) is 2.99. The minimum Gasteiger partial charge on any atom is -0.325 e. The van der Waals surface area contributed by atoms with Crippen LogP contribution < -0.4 is 5.56 Å². The van der Waals surface area contributed by atoms with Crippen molar-refractivity contribution in [2.75, 3.05) is 0 Å². The molecule has 1 heterocycles. The van der Waals surface area contributed by atoms with Crippen LogP contribution in [-0.4, -0.2) is 4.98 Å². The van der Waals surface area contributed by atoms with Crippen molar-refractivity contribution in [3.63, 3.8) is 0 Å². The average molecular weight is 230 g/mol. The van der Waals surface area contributed by atoms with Crippen LogP contribution in [-0.2, 0) is 12.8 Å². The molecule has 0 radical (unpaired) electrons. The van der Waals surface area contributed by atoms with Crippen LogP contribution in [0.5, 0.6) is 0 Å². The van der Waals surface area contributed by atoms with Crippen molar-refractivity contribution in [1.29, 1.82) is 5.26 Å². The lowest BCUT2D eigenvalue weighted by molar-refractivity contribution is 0.214. The number of aromatic amines is 1. The number of pyridine rings is 1. The van der Waals surface area contributed by atoms with E-state index in [0.29, 0.717) is 5.92 Å². The van der Waals surface area contributed by atoms with E-state index in [-0.39, 0.29) is 16.5 Å². The van der Waals surface area contributed by atoms with Gasteiger partial charge in [-0.1, -0.05) is 20.8 Å². The first-order valence-electron chi connectivity index (χ1n) is 6.07. The van der Waals surface area contributed by atoms with Gasteiger partial charge in [-0.05, 0) is 42.2 Å². The first-order chi connectivity index (χ1) is 7.91. The molecule has 1 aliphatic rings. The summed E-state index contributed by atoms with van der Waals surface area (Å²) in [7, 11) is 0. The van der Waals surface area contributed by atoms with Gasteiger partial charge in [0.2, 0.25) is 0 Å². The average Bonchev–Trinajstić information content (AvgIpc) is 2.26. The third kappa shape index (κ3) is 2.26. The summed E-state index contributed by atoms with van der Waals surface area (Å²) in [5, 5.41) is 8.88. The predicted octanol–water partition coefficient (Wildman–Crippen LogP) is 2.40. The summed E-state index contributed by atoms with van der Waals surface area (Å²) in [4.78, 5) is 14.4. The zero-order chi connectivity index (χ0) is 12.6. The fourth-order valence-electron chi connectivity index (χ4n) is 2.53. The van der Waals surface area contributed by atoms with E-state index in [4.69, 9.17) is 5.26 Å². The molecule has 1 atom stereocenters. The molecule has 0 saturated carbocycles. The molecule has 0 aliphatic heterocycles. The Hall–Kier alpha value is -1.56. The number of H-pyrrole nitrogens is 1. The molecule has 2 rings (SSSR count). The van der Waals surface area contributed by atoms with Crippen LogP contribution in [0.4, 0.5) is 0 Å². The number of nitriles is 1. The number of aryl methyl sites for hydroxylation is 1. The van der Waals surface area contributed by atoms with E-state index < -0.39 is 0 Å². The molecule has 1 N–H and O–H groups in total. The maximum Gasteiger partial charge on any atom is 0.266 e. The monoisotopic (exact) mass is 230 g/mol. The van der Waals surface area contributed by atoms with Crippen molar-refractivity contribution >= 4 is 0 Å². The zero-order valence-electron chi connectivity index (χ0n) is 10.6. The third-order valence-electron chi connectivity index (χ3n) is 3.77. The second-order valence-electron chi connectivity index (χ2n) is 5.93. The summed E-state index contributed by atoms with van der Waals surface area (Å²) in [5.74, 6) is 0.618. The van der Waals surface area contributed by atoms with Crippen molar-refractivity contribution in [2.45, 2.75) is 40.0 Å². The van der Waals surface area contributed by atoms with E-state index in [2.05, 4.69) is 25.8 Å². The summed E-state index contributed by atoms with van der Waals surface area (Å²) in [6, 6.07) is 3.73. The van der Waals surface area contributed by atoms with Crippen molar-refractivity contribution < 1.29 is 0 Å². The molecule has 0 saturated heterocycles. The first kappa shape index (κ1) is 11.9. The zero-order valence-corrected chi connectivity index (χ0v) is 10.6. The summed E-state index contributed by atoms with van der Waals surface area (Å²) in [6.45, 7) is 6.75. The largest absolute Gasteiger partial charge is 0.325 e. The Morgan fingerprint density at radius 1 is 1.47 bits per heavy atom. The van der Waals surface area contributed by atoms with Crippen LogP contribution >= 0.6 is 0 Å². The van der Waals surface area contributed by atoms with Crippen molar-refractivity contribution in [3.05, 3.63) is 33.2 Å². The number of aromatic nitrogens is 1. The van der Waals surface area contributed by atoms with E-state index in [0.717, 1.165) is 30.5 Å². The molecule has 17 heavy (non-hydrogen) atoms. The van der Waals surface area contributed by atoms with Crippen molar-refractivity contribution in [1.82, 2.24) is 4.98 Å². The van der Waals surface area contributed by atoms with Crippen LogP contribution in [0.3, 0.4) is 0 Å². The molecule has 3 nitrogen and oxygen atoms in total. The number of hydrogen-bond acceptors (Lipinski definition) is 2. The predicted molar refractivity (Wildman–Crippen MR) is 66.7 cm³/mol. The molecule has 0 amide bonds. The number of fused-ring (bicyclic) bond motifs is 1. The van der Waals surface area contributed by atoms with Crippen LogP contribution in [0.2, 0.25) is 0 Å². The topological polar surface area (TPSA) is 56.6 Å². The van der Waals surface area contributed by atoms with E-state index in [1.807, 2.05) is 6.07 Å². The van der Waals surface area contributed by atoms with Gasteiger partial charge in [0.05, 0.1) is 0 Å². The molecular weight excluding hydrogens is 212 g/mol. The van der Waals surface area contributed by atoms with Gasteiger partial charge in [0, 0.05) is 5.69 Å². The standard InChI is InChI=1S/C14H18N2O/c1-14(2,3)11-4-5-12-9(7-11)6-10(8-15)13(17)16-12/h6,11H,4-5,7H2,1-3H3,(H,16,17)/t11-/m1/s1. The number of nitrogens with one attached hydrogen (secondary N) is 1. The van der Waals surface area contributed by atoms with Gasteiger partial charge in [-0.15, -0.1) is 0 Å². The number of nitrogens with zero attached hydrogens (tertiary/aromatic N) is 1. The van der Waals surface area contributed by atoms with E-state index >= 15 is 0 Å². The van der Waals surface area contributed by atoms with Gasteiger partial charge >= 0.3 is 0 Å². The maximum absolute atomic E-state index is 11.5. The molecule has 1 aliphatic carbocycles. The Balaban J connectivity index is 2.39. The van der Waals surface area contributed by atoms with Gasteiger partial charge in [-0.3, -0.25) is 4.79 Å². The van der Waals surface area contributed by atoms with Gasteiger partial charge in [0.25, 0.3) is 5.56 Å². The first-order valence-corrected chi connectivity index (χ1v) is 6.07. The highest BCUT2D eigenvalue weighted by Crippen LogP contribution is 2.36. The molecule has 1 aromatic heterocycles. The second kappa shape index (κ2) is 4.03. The summed E-state index contributed by atoms with van der Waals surface area (Å²) in [5.41, 5.74) is 2.43. The summed E-state index contributed by atoms with van der Waals surface area (Å²) < 4.78 is 0. The van der Waals surface area contributed by atoms with Gasteiger partial charge in [-0.2, -0.15) is 5.26 Å². The Morgan fingerprint density at radius 3 is 2.76 bits per heavy atom. The fraction of sp³-hybridized carbons (Fsp3) is 0.571. The lowest BCUT2D eigenvalue weighted by Crippen LogP contribution is -2.29. The highest BCUT2D eigenvalue weighted by Gasteiger charge is 2.29. The van der Waals surface area contributed by atoms with Crippen molar-refractivity contribution in [3.8, 4) is 6.07 Å². The SMILES string of the molecule is CC(C)(C)[C@@H]1CCc2[nH]c(=O)c(C#N)cc2C1. The highest BCUT2D eigenvalue weighted by molar-refractivity contribution is 5.34. The molecule has 1 aromatic rings. The minimum absolute atomic E-state index is 0.235. The number of rotatable bonds is 0. The van der Waals surface area contributed by atoms with E-state index in [1.54, 1.807) is 6.07 Å². The van der Waals surface area contributed by atoms with Gasteiger partial charge < -0.3 is 4.98 Å². The molecule has 0 aromatic carbocycles. The Kier molecular flexibility index (Phi) is 2.82. The van der Waals surface area contributed by atoms with Crippen LogP contribution in [0.15, 0.2) is 10.9 Å². The van der Waals surface area contributed by atoms with Crippen LogP contribution in [0, 0.1) is 22.7 Å². The molecule has 0 bridgehead atoms. The van der Waals surface area contributed by atoms with E-state index in [9.17, 15) is 4.79 Å². The molecule has 0 fully saturated rings. The Bertz CT molecular complexity index is 529. The molecule has 3 heteroatoms. The third-order valence-corrected chi connectivity index (χ3v) is 3.77. The van der Waals surface area contributed by atoms with Gasteiger partial charge in [-0.25, -0.2) is 0 Å². The lowest BCUT2D eigenvalue weighted by Gasteiger charge is -2.34. The normalized spacial score (nSPS) is 19.5. The molecule has 0 unspecified atom stereocenters. The Labute approximate surface area is 101 Å². The number of hydrogen-bond donors (Lipinski definition) is 1. The highest BCUT2D eigenvalue weighted by atomic mass is 16.1. The van der Waals surface area contributed by atoms with Crippen LogP contribution in [0.25, 0.3) is 0 Å². The molecular formula is C14H18N2O. The molecule has 90 valence electrons. The summed E-state index contributed by atoms with van der Waals surface area (Å²) >= 11 is 0. The fourth-order valence-corrected chi connectivity index (χ4v) is 2.53. The minimum atomic E-state index is -0.250. The smallest absolute Gasteiger partial charge is 0.266 e. The van der Waals surface area contributed by atoms with Gasteiger partial charge in [0.15, 0.2) is 0 Å². The van der Waals surface area contributed by atoms with Crippen LogP contribution in [0.1, 0.15) is 44.0 Å². The lowest BCUT2D eigenvalue weighted by atomic mass is 9.71. The maximum atomic E-state index is 11.5.